The van der Waals surface area contributed by atoms with Gasteiger partial charge in [-0.25, -0.2) is 4.98 Å². The first kappa shape index (κ1) is 51.5. The van der Waals surface area contributed by atoms with Gasteiger partial charge in [-0.05, 0) is 85.8 Å². The number of imide groups is 2. The van der Waals surface area contributed by atoms with E-state index < -0.39 is 29.7 Å². The third-order valence-corrected chi connectivity index (χ3v) is 13.1. The van der Waals surface area contributed by atoms with Crippen LogP contribution in [0.2, 0.25) is 0 Å². The molecule has 0 radical (unpaired) electrons. The van der Waals surface area contributed by atoms with E-state index in [9.17, 15) is 28.8 Å². The first-order valence-corrected chi connectivity index (χ1v) is 24.8. The van der Waals surface area contributed by atoms with Gasteiger partial charge in [0.15, 0.2) is 5.13 Å². The number of aryl methyl sites for hydroxylation is 2. The summed E-state index contributed by atoms with van der Waals surface area (Å²) >= 11 is 1.43. The number of thiazole rings is 1. The Kier molecular flexibility index (Phi) is 17.9. The van der Waals surface area contributed by atoms with E-state index in [0.717, 1.165) is 49.8 Å². The van der Waals surface area contributed by atoms with Gasteiger partial charge in [0, 0.05) is 46.9 Å². The molecular weight excluding hydrogens is 945 g/mol. The lowest BCUT2D eigenvalue weighted by atomic mass is 10.0. The minimum atomic E-state index is -1.02. The quantitative estimate of drug-likeness (QED) is 0.0443. The molecule has 5 aromatic rings. The monoisotopic (exact) mass is 1000 g/mol. The molecule has 72 heavy (non-hydrogen) atoms. The maximum absolute atomic E-state index is 13.4. The molecule has 18 nitrogen and oxygen atoms in total. The highest BCUT2D eigenvalue weighted by Gasteiger charge is 2.45. The number of hydrogen-bond acceptors (Lipinski definition) is 15. The molecule has 3 N–H and O–H groups in total. The number of nitrogens with zero attached hydrogens (tertiary/aromatic N) is 3. The lowest BCUT2D eigenvalue weighted by Gasteiger charge is -2.27. The van der Waals surface area contributed by atoms with E-state index in [1.54, 1.807) is 18.2 Å². The maximum atomic E-state index is 13.4. The summed E-state index contributed by atoms with van der Waals surface area (Å²) in [5, 5.41) is 8.83. The number of hydrogen-bond donors (Lipinski definition) is 3. The summed E-state index contributed by atoms with van der Waals surface area (Å²) < 4.78 is 33.8. The van der Waals surface area contributed by atoms with Crippen LogP contribution >= 0.6 is 11.3 Å². The number of anilines is 3. The first-order valence-electron chi connectivity index (χ1n) is 24.0. The molecule has 1 fully saturated rings. The Morgan fingerprint density at radius 1 is 0.750 bits per heavy atom. The molecule has 0 aliphatic carbocycles. The Bertz CT molecular complexity index is 2780. The zero-order valence-corrected chi connectivity index (χ0v) is 41.1. The standard InChI is InChI=1S/C53H58N6O12S/c1-34-7-3-4-10-40(34)50(63)58-19-17-37-33-38(13-14-43(37)58)48-35(2)72-53(57-48)56-46(61)32-36-8-5-9-39(31-36)71-30-29-70-28-27-69-26-25-68-24-23-67-22-21-66-20-18-54-42-12-6-11-41-47(42)52(65)59(51(41)64)44-15-16-45(60)55-49(44)62/h3-14,31,33,44,54H,15-30,32H2,1-2H3,(H,55,60,62)(H,56,57,61). The van der Waals surface area contributed by atoms with Gasteiger partial charge in [0.05, 0.1) is 89.3 Å². The number of carbonyl (C=O) groups is 6. The fourth-order valence-corrected chi connectivity index (χ4v) is 9.50. The normalized spacial score (nSPS) is 15.2. The number of nitrogens with one attached hydrogen (secondary N) is 3. The summed E-state index contributed by atoms with van der Waals surface area (Å²) in [6, 6.07) is 25.0. The molecule has 4 heterocycles. The third-order valence-electron chi connectivity index (χ3n) is 12.2. The molecular formula is C53H58N6O12S. The molecule has 1 atom stereocenters. The summed E-state index contributed by atoms with van der Waals surface area (Å²) in [4.78, 5) is 85.2. The Hall–Kier alpha value is -6.87. The number of piperidine rings is 1. The second kappa shape index (κ2) is 25.0. The first-order chi connectivity index (χ1) is 35.0. The number of benzene rings is 4. The second-order valence-corrected chi connectivity index (χ2v) is 18.4. The molecule has 1 unspecified atom stereocenters. The van der Waals surface area contributed by atoms with Gasteiger partial charge < -0.3 is 44.0 Å². The van der Waals surface area contributed by atoms with Crippen LogP contribution in [0.3, 0.4) is 0 Å². The lowest BCUT2D eigenvalue weighted by molar-refractivity contribution is -0.136. The van der Waals surface area contributed by atoms with Gasteiger partial charge in [-0.2, -0.15) is 0 Å². The van der Waals surface area contributed by atoms with E-state index in [0.29, 0.717) is 108 Å². The van der Waals surface area contributed by atoms with Crippen molar-refractivity contribution < 1.29 is 57.2 Å². The minimum Gasteiger partial charge on any atom is -0.491 e. The zero-order chi connectivity index (χ0) is 50.4. The lowest BCUT2D eigenvalue weighted by Crippen LogP contribution is -2.54. The molecule has 1 saturated heterocycles. The van der Waals surface area contributed by atoms with Crippen molar-refractivity contribution in [3.8, 4) is 17.0 Å². The number of aromatic nitrogens is 1. The van der Waals surface area contributed by atoms with E-state index in [-0.39, 0.29) is 42.2 Å². The summed E-state index contributed by atoms with van der Waals surface area (Å²) in [7, 11) is 0. The fraction of sp³-hybridized carbons (Fsp3) is 0.377. The molecule has 1 aromatic heterocycles. The predicted molar refractivity (Wildman–Crippen MR) is 269 cm³/mol. The molecule has 0 saturated carbocycles. The molecule has 3 aliphatic rings. The zero-order valence-electron chi connectivity index (χ0n) is 40.3. The summed E-state index contributed by atoms with van der Waals surface area (Å²) in [6.07, 6.45) is 1.07. The average Bonchev–Trinajstić information content (AvgIpc) is 4.04. The van der Waals surface area contributed by atoms with E-state index in [1.165, 1.54) is 11.3 Å². The van der Waals surface area contributed by atoms with Gasteiger partial charge in [0.2, 0.25) is 17.7 Å². The number of carbonyl (C=O) groups excluding carboxylic acids is 6. The Morgan fingerprint density at radius 3 is 2.17 bits per heavy atom. The second-order valence-electron chi connectivity index (χ2n) is 17.2. The van der Waals surface area contributed by atoms with Crippen molar-refractivity contribution >= 4 is 63.3 Å². The molecule has 4 aromatic carbocycles. The van der Waals surface area contributed by atoms with Crippen molar-refractivity contribution in [1.29, 1.82) is 0 Å². The largest absolute Gasteiger partial charge is 0.491 e. The molecule has 8 rings (SSSR count). The summed E-state index contributed by atoms with van der Waals surface area (Å²) in [6.45, 7) is 9.10. The molecule has 378 valence electrons. The molecule has 3 aliphatic heterocycles. The van der Waals surface area contributed by atoms with Gasteiger partial charge in [0.25, 0.3) is 17.7 Å². The van der Waals surface area contributed by atoms with Crippen LogP contribution < -0.4 is 25.6 Å². The fourth-order valence-electron chi connectivity index (χ4n) is 8.65. The van der Waals surface area contributed by atoms with Gasteiger partial charge in [0.1, 0.15) is 18.4 Å². The van der Waals surface area contributed by atoms with Crippen molar-refractivity contribution in [3.05, 3.63) is 123 Å². The van der Waals surface area contributed by atoms with Crippen molar-refractivity contribution in [2.24, 2.45) is 0 Å². The van der Waals surface area contributed by atoms with Crippen LogP contribution in [0, 0.1) is 13.8 Å². The van der Waals surface area contributed by atoms with E-state index in [2.05, 4.69) is 22.0 Å². The van der Waals surface area contributed by atoms with Crippen molar-refractivity contribution in [2.75, 3.05) is 101 Å². The van der Waals surface area contributed by atoms with Crippen LogP contribution in [0.4, 0.5) is 16.5 Å². The van der Waals surface area contributed by atoms with Crippen molar-refractivity contribution in [1.82, 2.24) is 15.2 Å². The van der Waals surface area contributed by atoms with Crippen LogP contribution in [0.1, 0.15) is 65.5 Å². The Balaban J connectivity index is 0.625. The minimum absolute atomic E-state index is 0.00660. The summed E-state index contributed by atoms with van der Waals surface area (Å²) in [5.41, 5.74) is 7.12. The maximum Gasteiger partial charge on any atom is 0.264 e. The number of fused-ring (bicyclic) bond motifs is 2. The molecule has 0 bridgehead atoms. The topological polar surface area (TPSA) is 213 Å². The molecule has 6 amide bonds. The highest BCUT2D eigenvalue weighted by atomic mass is 32.1. The van der Waals surface area contributed by atoms with Crippen LogP contribution in [-0.2, 0) is 50.9 Å². The van der Waals surface area contributed by atoms with Crippen LogP contribution in [0.25, 0.3) is 11.3 Å². The van der Waals surface area contributed by atoms with Gasteiger partial charge >= 0.3 is 0 Å². The van der Waals surface area contributed by atoms with Crippen LogP contribution in [-0.4, -0.2) is 137 Å². The van der Waals surface area contributed by atoms with Crippen molar-refractivity contribution in [2.45, 2.75) is 45.6 Å². The van der Waals surface area contributed by atoms with E-state index in [1.807, 2.05) is 79.4 Å². The predicted octanol–water partition coefficient (Wildman–Crippen LogP) is 5.79. The SMILES string of the molecule is Cc1ccccc1C(=O)N1CCc2cc(-c3nc(NC(=O)Cc4cccc(OCCOCCOCCOCCOCCOCCNc5cccc6c5C(=O)N(C5CCC(=O)NC5=O)C6=O)c4)sc3C)ccc21. The third kappa shape index (κ3) is 13.0. The van der Waals surface area contributed by atoms with Crippen LogP contribution in [0.5, 0.6) is 5.75 Å². The smallest absolute Gasteiger partial charge is 0.264 e. The highest BCUT2D eigenvalue weighted by molar-refractivity contribution is 7.16. The Labute approximate surface area is 421 Å². The van der Waals surface area contributed by atoms with Gasteiger partial charge in [-0.1, -0.05) is 42.5 Å². The number of amides is 6. The van der Waals surface area contributed by atoms with E-state index in [4.69, 9.17) is 33.4 Å². The number of ether oxygens (including phenoxy) is 6. The molecule has 0 spiro atoms. The van der Waals surface area contributed by atoms with Crippen molar-refractivity contribution in [3.63, 3.8) is 0 Å². The van der Waals surface area contributed by atoms with Crippen LogP contribution in [0.15, 0.2) is 84.9 Å². The van der Waals surface area contributed by atoms with E-state index >= 15 is 0 Å². The Morgan fingerprint density at radius 2 is 1.44 bits per heavy atom. The average molecular weight is 1000 g/mol. The number of rotatable bonds is 26. The van der Waals surface area contributed by atoms with Gasteiger partial charge in [-0.15, -0.1) is 11.3 Å². The highest BCUT2D eigenvalue weighted by Crippen LogP contribution is 2.37. The summed E-state index contributed by atoms with van der Waals surface area (Å²) in [5.74, 6) is -1.74. The van der Waals surface area contributed by atoms with Gasteiger partial charge in [-0.3, -0.25) is 39.0 Å². The molecule has 19 heteroatoms.